The van der Waals surface area contributed by atoms with Gasteiger partial charge in [-0.15, -0.1) is 29.9 Å². The van der Waals surface area contributed by atoms with Crippen molar-refractivity contribution in [3.63, 3.8) is 0 Å². The maximum absolute atomic E-state index is 5.91. The molecule has 0 unspecified atom stereocenters. The fourth-order valence-electron chi connectivity index (χ4n) is 6.00. The Morgan fingerprint density at radius 3 is 0.891 bits per heavy atom. The molecule has 0 fully saturated rings. The van der Waals surface area contributed by atoms with Crippen molar-refractivity contribution >= 4 is 0 Å². The van der Waals surface area contributed by atoms with Gasteiger partial charge in [0.2, 0.25) is 0 Å². The third-order valence-corrected chi connectivity index (χ3v) is 9.34. The number of aryl methyl sites for hydroxylation is 1. The molecular formula is C52H50N6O6. The molecule has 0 N–H and O–H groups in total. The lowest BCUT2D eigenvalue weighted by Gasteiger charge is -2.19. The Labute approximate surface area is 373 Å². The molecule has 0 amide bonds. The van der Waals surface area contributed by atoms with Gasteiger partial charge in [-0.3, -0.25) is 0 Å². The van der Waals surface area contributed by atoms with E-state index in [0.29, 0.717) is 34.5 Å². The van der Waals surface area contributed by atoms with Crippen molar-refractivity contribution in [3.05, 3.63) is 181 Å². The third kappa shape index (κ3) is 14.1. The van der Waals surface area contributed by atoms with E-state index in [4.69, 9.17) is 28.4 Å². The number of ether oxygens (including phenoxy) is 6. The van der Waals surface area contributed by atoms with E-state index in [0.717, 1.165) is 6.42 Å². The predicted octanol–water partition coefficient (Wildman–Crippen LogP) is 13.9. The minimum Gasteiger partial charge on any atom is -0.424 e. The van der Waals surface area contributed by atoms with Crippen LogP contribution in [0.2, 0.25) is 0 Å². The van der Waals surface area contributed by atoms with Gasteiger partial charge in [0.1, 0.15) is 34.5 Å². The van der Waals surface area contributed by atoms with E-state index in [1.54, 1.807) is 0 Å². The van der Waals surface area contributed by atoms with Gasteiger partial charge in [-0.2, -0.15) is 0 Å². The molecule has 64 heavy (non-hydrogen) atoms. The van der Waals surface area contributed by atoms with Crippen LogP contribution in [0.15, 0.2) is 170 Å². The van der Waals surface area contributed by atoms with Crippen molar-refractivity contribution in [1.29, 1.82) is 0 Å². The number of benzene rings is 6. The van der Waals surface area contributed by atoms with Gasteiger partial charge in [-0.1, -0.05) is 144 Å². The van der Waals surface area contributed by atoms with Crippen molar-refractivity contribution in [2.24, 2.45) is 0 Å². The smallest absolute Gasteiger partial charge is 0.331 e. The van der Waals surface area contributed by atoms with Crippen LogP contribution in [0.4, 0.5) is 0 Å². The van der Waals surface area contributed by atoms with Crippen LogP contribution in [0.3, 0.4) is 0 Å². The van der Waals surface area contributed by atoms with Gasteiger partial charge in [0.25, 0.3) is 0 Å². The number of nitrogens with zero attached hydrogens (tertiary/aromatic N) is 6. The highest BCUT2D eigenvalue weighted by Crippen LogP contribution is 2.30. The lowest BCUT2D eigenvalue weighted by molar-refractivity contribution is 0.361. The summed E-state index contributed by atoms with van der Waals surface area (Å²) in [6, 6.07) is 53.5. The summed E-state index contributed by atoms with van der Waals surface area (Å²) < 4.78 is 34.9. The average Bonchev–Trinajstić information content (AvgIpc) is 3.30. The van der Waals surface area contributed by atoms with E-state index in [1.807, 2.05) is 158 Å². The molecule has 0 atom stereocenters. The summed E-state index contributed by atoms with van der Waals surface area (Å²) in [7, 11) is 0. The zero-order valence-corrected chi connectivity index (χ0v) is 36.3. The highest BCUT2D eigenvalue weighted by Gasteiger charge is 2.16. The van der Waals surface area contributed by atoms with Crippen LogP contribution < -0.4 is 28.4 Å². The summed E-state index contributed by atoms with van der Waals surface area (Å²) in [4.78, 5) is 25.8. The molecule has 0 spiro atoms. The molecule has 324 valence electrons. The van der Waals surface area contributed by atoms with Gasteiger partial charge in [0.15, 0.2) is 0 Å². The lowest BCUT2D eigenvalue weighted by atomic mass is 9.87. The van der Waals surface area contributed by atoms with E-state index < -0.39 is 0 Å². The Bertz CT molecular complexity index is 2500. The zero-order chi connectivity index (χ0) is 44.4. The number of hydrogen-bond donors (Lipinski definition) is 0. The molecule has 2 heterocycles. The Hall–Kier alpha value is -7.86. The van der Waals surface area contributed by atoms with Crippen molar-refractivity contribution in [1.82, 2.24) is 29.9 Å². The number of unbranched alkanes of at least 4 members (excludes halogenated alkanes) is 3. The summed E-state index contributed by atoms with van der Waals surface area (Å²) >= 11 is 0. The summed E-state index contributed by atoms with van der Waals surface area (Å²) in [6.45, 7) is 8.71. The van der Waals surface area contributed by atoms with Crippen LogP contribution in [0.5, 0.6) is 70.6 Å². The van der Waals surface area contributed by atoms with Gasteiger partial charge in [0, 0.05) is 0 Å². The van der Waals surface area contributed by atoms with Crippen LogP contribution in [0, 0.1) is 0 Å². The fourth-order valence-corrected chi connectivity index (χ4v) is 6.00. The molecule has 12 nitrogen and oxygen atoms in total. The Morgan fingerprint density at radius 2 is 0.609 bits per heavy atom. The molecule has 12 heteroatoms. The second-order valence-corrected chi connectivity index (χ2v) is 15.5. The topological polar surface area (TPSA) is 133 Å². The molecule has 0 aliphatic heterocycles. The predicted molar refractivity (Wildman–Crippen MR) is 245 cm³/mol. The van der Waals surface area contributed by atoms with E-state index in [9.17, 15) is 0 Å². The average molecular weight is 855 g/mol. The van der Waals surface area contributed by atoms with Crippen molar-refractivity contribution in [3.8, 4) is 70.6 Å². The molecule has 0 saturated carbocycles. The summed E-state index contributed by atoms with van der Waals surface area (Å²) in [5.41, 5.74) is 2.55. The third-order valence-electron chi connectivity index (χ3n) is 9.34. The highest BCUT2D eigenvalue weighted by atomic mass is 16.5. The van der Waals surface area contributed by atoms with E-state index in [1.165, 1.54) is 36.8 Å². The molecule has 6 aromatic carbocycles. The van der Waals surface area contributed by atoms with Gasteiger partial charge in [0.05, 0.1) is 0 Å². The van der Waals surface area contributed by atoms with E-state index >= 15 is 0 Å². The van der Waals surface area contributed by atoms with Crippen molar-refractivity contribution < 1.29 is 28.4 Å². The normalized spacial score (nSPS) is 10.8. The quantitative estimate of drug-likeness (QED) is 0.0807. The first-order chi connectivity index (χ1) is 31.2. The maximum Gasteiger partial charge on any atom is 0.331 e. The second kappa shape index (κ2) is 22.3. The first-order valence-electron chi connectivity index (χ1n) is 21.2. The van der Waals surface area contributed by atoms with E-state index in [-0.39, 0.29) is 41.5 Å². The van der Waals surface area contributed by atoms with Crippen LogP contribution >= 0.6 is 0 Å². The standard InChI is InChI=1S/C27H27N3O3.C25H23N3O3/c1-2-3-4-7-12-21-17-19-24(20-18-21)33-27-29-25(31-22-13-8-5-9-14-22)28-26(30-27)32-23-15-10-6-11-16-23;1-25(2,3)18-14-16-21(17-15-18)31-24-27-22(29-19-10-6-4-7-11-19)26-23(28-24)30-20-12-8-5-9-13-20/h5-6,8-11,13-20H,2-4,7,12H2,1H3;4-17H,1-3H3. The maximum atomic E-state index is 5.91. The van der Waals surface area contributed by atoms with Crippen LogP contribution in [0.1, 0.15) is 64.5 Å². The minimum absolute atomic E-state index is 0.0546. The highest BCUT2D eigenvalue weighted by molar-refractivity contribution is 5.35. The molecule has 0 saturated heterocycles. The fraction of sp³-hybridized carbons (Fsp3) is 0.192. The van der Waals surface area contributed by atoms with Crippen molar-refractivity contribution in [2.45, 2.75) is 65.2 Å². The second-order valence-electron chi connectivity index (χ2n) is 15.5. The molecule has 2 aromatic heterocycles. The molecular weight excluding hydrogens is 805 g/mol. The number of aromatic nitrogens is 6. The lowest BCUT2D eigenvalue weighted by Crippen LogP contribution is -2.10. The monoisotopic (exact) mass is 854 g/mol. The summed E-state index contributed by atoms with van der Waals surface area (Å²) in [6.07, 6.45) is 6.04. The molecule has 0 bridgehead atoms. The van der Waals surface area contributed by atoms with Gasteiger partial charge in [-0.05, 0) is 102 Å². The largest absolute Gasteiger partial charge is 0.424 e. The van der Waals surface area contributed by atoms with Gasteiger partial charge < -0.3 is 28.4 Å². The molecule has 0 radical (unpaired) electrons. The Balaban J connectivity index is 0.000000192. The SMILES string of the molecule is CC(C)(C)c1ccc(Oc2nc(Oc3ccccc3)nc(Oc3ccccc3)n2)cc1.CCCCCCc1ccc(Oc2nc(Oc3ccccc3)nc(Oc3ccccc3)n2)cc1. The molecule has 0 aliphatic rings. The Morgan fingerprint density at radius 1 is 0.328 bits per heavy atom. The minimum atomic E-state index is 0.0546. The number of rotatable bonds is 17. The number of hydrogen-bond acceptors (Lipinski definition) is 12. The molecule has 8 aromatic rings. The summed E-state index contributed by atoms with van der Waals surface area (Å²) in [5, 5.41) is 0. The Kier molecular flexibility index (Phi) is 15.4. The van der Waals surface area contributed by atoms with Crippen LogP contribution in [-0.2, 0) is 11.8 Å². The van der Waals surface area contributed by atoms with E-state index in [2.05, 4.69) is 69.7 Å². The zero-order valence-electron chi connectivity index (χ0n) is 36.3. The molecule has 0 aliphatic carbocycles. The van der Waals surface area contributed by atoms with Crippen LogP contribution in [-0.4, -0.2) is 29.9 Å². The first kappa shape index (κ1) is 44.2. The molecule has 8 rings (SSSR count). The van der Waals surface area contributed by atoms with Crippen molar-refractivity contribution in [2.75, 3.05) is 0 Å². The first-order valence-corrected chi connectivity index (χ1v) is 21.2. The van der Waals surface area contributed by atoms with Gasteiger partial charge in [-0.25, -0.2) is 0 Å². The van der Waals surface area contributed by atoms with Gasteiger partial charge >= 0.3 is 36.1 Å². The summed E-state index contributed by atoms with van der Waals surface area (Å²) in [5.74, 6) is 3.64. The van der Waals surface area contributed by atoms with Crippen LogP contribution in [0.25, 0.3) is 0 Å². The number of para-hydroxylation sites is 4.